The summed E-state index contributed by atoms with van der Waals surface area (Å²) in [5.41, 5.74) is 10.3. The second-order valence-electron chi connectivity index (χ2n) is 11.2. The molecule has 2 unspecified atom stereocenters. The van der Waals surface area contributed by atoms with E-state index in [0.29, 0.717) is 38.6 Å². The van der Waals surface area contributed by atoms with Crippen LogP contribution in [0.5, 0.6) is 0 Å². The van der Waals surface area contributed by atoms with Gasteiger partial charge in [0.25, 0.3) is 0 Å². The standard InChI is InChI=1S/C30H26F4I2N7O2/c31-24-19(11-21-26(25(24)36-7-6-35-14-36)39-28(37)22-12-38-15-42(21)22)29(44)41-8-1-2-23-27(41)18-4-3-16(10-17(18)13-45-23)20-5-9-43(40-20)30(32,33)34/h3-5,9-12,15,23,27H,1-2,6-8,13-14H2,(H2,37,39)/q-1. The number of halogens is 6. The van der Waals surface area contributed by atoms with Crippen LogP contribution >= 0.6 is 19.8 Å². The van der Waals surface area contributed by atoms with Gasteiger partial charge < -0.3 is 0 Å². The molecule has 3 aliphatic heterocycles. The number of imidazole rings is 1. The molecule has 45 heavy (non-hydrogen) atoms. The van der Waals surface area contributed by atoms with Crippen LogP contribution < -0.4 is 26.9 Å². The van der Waals surface area contributed by atoms with Gasteiger partial charge in [-0.05, 0) is 0 Å². The molecule has 0 radical (unpaired) electrons. The number of nitrogens with zero attached hydrogens (tertiary/aromatic N) is 6. The summed E-state index contributed by atoms with van der Waals surface area (Å²) in [6.07, 6.45) is 0.643. The van der Waals surface area contributed by atoms with Gasteiger partial charge in [0.15, 0.2) is 0 Å². The Labute approximate surface area is 271 Å². The van der Waals surface area contributed by atoms with E-state index in [1.807, 2.05) is 6.07 Å². The third-order valence-corrected chi connectivity index (χ3v) is 24.8. The van der Waals surface area contributed by atoms with E-state index in [1.54, 1.807) is 40.0 Å². The van der Waals surface area contributed by atoms with Crippen molar-refractivity contribution in [3.63, 3.8) is 0 Å². The van der Waals surface area contributed by atoms with Gasteiger partial charge in [0.05, 0.1) is 0 Å². The molecule has 0 aliphatic carbocycles. The Morgan fingerprint density at radius 2 is 2.04 bits per heavy atom. The molecular formula is C30H26F4I2N7O2-. The molecule has 15 heteroatoms. The number of alkyl halides is 7. The minimum absolute atomic E-state index is 0.0172. The molecule has 8 rings (SSSR count). The number of piperidine rings is 1. The van der Waals surface area contributed by atoms with Crippen molar-refractivity contribution in [2.24, 2.45) is 0 Å². The van der Waals surface area contributed by atoms with Crippen LogP contribution in [0.15, 0.2) is 49.1 Å². The van der Waals surface area contributed by atoms with Gasteiger partial charge in [-0.3, -0.25) is 0 Å². The normalized spacial score (nSPS) is 21.2. The third-order valence-electron chi connectivity index (χ3n) is 8.57. The molecule has 2 atom stereocenters. The van der Waals surface area contributed by atoms with Crippen molar-refractivity contribution in [2.45, 2.75) is 37.9 Å². The summed E-state index contributed by atoms with van der Waals surface area (Å²) < 4.78 is 68.0. The molecule has 9 nitrogen and oxygen atoms in total. The Morgan fingerprint density at radius 1 is 1.18 bits per heavy atom. The van der Waals surface area contributed by atoms with E-state index in [1.165, 1.54) is 6.07 Å². The third kappa shape index (κ3) is 4.87. The number of nitrogens with two attached hydrogens (primary N) is 1. The van der Waals surface area contributed by atoms with E-state index in [9.17, 15) is 18.0 Å². The van der Waals surface area contributed by atoms with Gasteiger partial charge >= 0.3 is 249 Å². The van der Waals surface area contributed by atoms with Gasteiger partial charge in [-0.1, -0.05) is 0 Å². The predicted octanol–water partition coefficient (Wildman–Crippen LogP) is 2.56. The van der Waals surface area contributed by atoms with E-state index in [0.717, 1.165) is 35.0 Å². The number of hydrogen-bond acceptors (Lipinski definition) is 6. The fraction of sp³-hybridized carbons (Fsp3) is 0.333. The van der Waals surface area contributed by atoms with Crippen LogP contribution in [-0.2, 0) is 17.6 Å². The van der Waals surface area contributed by atoms with Gasteiger partial charge in [-0.2, -0.15) is 4.68 Å². The molecule has 0 bridgehead atoms. The Balaban J connectivity index is 1.22. The van der Waals surface area contributed by atoms with Crippen molar-refractivity contribution in [1.29, 1.82) is 0 Å². The Kier molecular flexibility index (Phi) is 7.20. The van der Waals surface area contributed by atoms with Gasteiger partial charge in [0.2, 0.25) is 0 Å². The first-order valence-corrected chi connectivity index (χ1v) is 21.4. The average molecular weight is 846 g/mol. The number of amides is 1. The van der Waals surface area contributed by atoms with Crippen LogP contribution in [-0.4, -0.2) is 58.9 Å². The number of aromatic nitrogens is 5. The number of benzene rings is 2. The van der Waals surface area contributed by atoms with Crippen molar-refractivity contribution >= 4 is 48.1 Å². The van der Waals surface area contributed by atoms with E-state index >= 15 is 4.39 Å². The number of hydrogen-bond donors (Lipinski definition) is 1. The molecule has 2 fully saturated rings. The Morgan fingerprint density at radius 3 is 2.82 bits per heavy atom. The summed E-state index contributed by atoms with van der Waals surface area (Å²) in [5.74, 6) is -0.613. The van der Waals surface area contributed by atoms with Crippen molar-refractivity contribution < 1.29 is 48.3 Å². The van der Waals surface area contributed by atoms with Crippen molar-refractivity contribution in [2.75, 3.05) is 23.6 Å². The van der Waals surface area contributed by atoms with Gasteiger partial charge in [-0.15, -0.1) is 13.2 Å². The molecule has 1 amide bonds. The van der Waals surface area contributed by atoms with Crippen LogP contribution in [0.1, 0.15) is 40.4 Å². The zero-order valence-corrected chi connectivity index (χ0v) is 27.9. The van der Waals surface area contributed by atoms with E-state index in [-0.39, 0.29) is 55.7 Å². The van der Waals surface area contributed by atoms with Crippen LogP contribution in [0.25, 0.3) is 27.8 Å². The van der Waals surface area contributed by atoms with E-state index in [2.05, 4.69) is 15.1 Å². The first kappa shape index (κ1) is 29.3. The van der Waals surface area contributed by atoms with Gasteiger partial charge in [0, 0.05) is 6.20 Å². The number of fused-ring (bicyclic) bond motifs is 6. The van der Waals surface area contributed by atoms with Crippen molar-refractivity contribution in [3.05, 3.63) is 75.1 Å². The first-order valence-electron chi connectivity index (χ1n) is 14.3. The summed E-state index contributed by atoms with van der Waals surface area (Å²) in [4.78, 5) is 25.1. The fourth-order valence-corrected chi connectivity index (χ4v) is 25.6. The van der Waals surface area contributed by atoms with E-state index in [4.69, 9.17) is 10.5 Å². The summed E-state index contributed by atoms with van der Waals surface area (Å²) in [6, 6.07) is 7.76. The molecule has 2 saturated heterocycles. The Bertz CT molecular complexity index is 1990. The van der Waals surface area contributed by atoms with Crippen LogP contribution in [0.4, 0.5) is 23.4 Å². The molecule has 0 saturated carbocycles. The fourth-order valence-electron chi connectivity index (χ4n) is 6.50. The number of likely N-dealkylation sites (tertiary alicyclic amines) is 1. The number of ether oxygens (including phenoxy) is 1. The van der Waals surface area contributed by atoms with E-state index < -0.39 is 43.9 Å². The SMILES string of the molecule is Nc1nc2c(I3CC[I-]C3)c(F)c(C(=O)N3CCCC4OCc5cc(-c6ccn(C(F)(F)F)n6)ccc5C43)cc2n2cncc12. The molecule has 6 heterocycles. The molecule has 236 valence electrons. The maximum absolute atomic E-state index is 16.7. The molecule has 3 aliphatic rings. The average Bonchev–Trinajstić information content (AvgIpc) is 3.82. The zero-order chi connectivity index (χ0) is 31.0. The number of anilines is 1. The molecule has 0 spiro atoms. The summed E-state index contributed by atoms with van der Waals surface area (Å²) in [5, 5.41) is 3.69. The summed E-state index contributed by atoms with van der Waals surface area (Å²) in [6.45, 7) is 0.672. The number of nitrogen functional groups attached to an aromatic ring is 1. The van der Waals surface area contributed by atoms with Crippen molar-refractivity contribution in [3.8, 4) is 11.3 Å². The minimum atomic E-state index is -4.61. The monoisotopic (exact) mass is 846 g/mol. The predicted molar refractivity (Wildman–Crippen MR) is 163 cm³/mol. The molecule has 3 aromatic heterocycles. The quantitative estimate of drug-likeness (QED) is 0.170. The number of carbonyl (C=O) groups excluding carboxylic acids is 1. The van der Waals surface area contributed by atoms with Gasteiger partial charge in [0.1, 0.15) is 0 Å². The first-order chi connectivity index (χ1) is 21.7. The second kappa shape index (κ2) is 11.0. The second-order valence-corrected chi connectivity index (χ2v) is 22.5. The van der Waals surface area contributed by atoms with Crippen LogP contribution in [0, 0.1) is 9.39 Å². The summed E-state index contributed by atoms with van der Waals surface area (Å²) in [7, 11) is 0. The molecule has 2 aromatic carbocycles. The molecule has 2 N–H and O–H groups in total. The van der Waals surface area contributed by atoms with Gasteiger partial charge in [-0.25, -0.2) is 0 Å². The Hall–Kier alpha value is -3.06. The van der Waals surface area contributed by atoms with Crippen LogP contribution in [0.3, 0.4) is 0 Å². The molecular weight excluding hydrogens is 820 g/mol. The maximum atomic E-state index is 16.7. The van der Waals surface area contributed by atoms with Crippen molar-refractivity contribution in [1.82, 2.24) is 29.0 Å². The zero-order valence-electron chi connectivity index (χ0n) is 23.6. The number of rotatable bonds is 3. The van der Waals surface area contributed by atoms with Crippen LogP contribution in [0.2, 0.25) is 0 Å². The topological polar surface area (TPSA) is 104 Å². The molecule has 5 aromatic rings. The number of carbonyl (C=O) groups is 1. The summed E-state index contributed by atoms with van der Waals surface area (Å²) >= 11 is -1.90.